The zero-order valence-electron chi connectivity index (χ0n) is 13.3. The number of halogens is 2. The van der Waals surface area contributed by atoms with Gasteiger partial charge in [0.15, 0.2) is 0 Å². The third kappa shape index (κ3) is 2.67. The molecule has 0 spiro atoms. The van der Waals surface area contributed by atoms with Crippen molar-refractivity contribution >= 4 is 71.5 Å². The van der Waals surface area contributed by atoms with Crippen LogP contribution in [0.15, 0.2) is 0 Å². The SMILES string of the molecule is Cc1nc(C)c2c(n1)C(C)(F)N(C(C)C)C(I)[C]2(C)[K]. The molecule has 0 amide bonds. The number of nitrogens with zero attached hydrogens (tertiary/aromatic N) is 3. The van der Waals surface area contributed by atoms with Gasteiger partial charge in [-0.3, -0.25) is 0 Å². The van der Waals surface area contributed by atoms with Crippen LogP contribution in [-0.4, -0.2) is 73.9 Å². The van der Waals surface area contributed by atoms with Crippen molar-refractivity contribution in [3.63, 3.8) is 0 Å². The van der Waals surface area contributed by atoms with Crippen LogP contribution < -0.4 is 0 Å². The van der Waals surface area contributed by atoms with Crippen molar-refractivity contribution in [3.8, 4) is 0 Å². The summed E-state index contributed by atoms with van der Waals surface area (Å²) in [4.78, 5) is 10.9. The Morgan fingerprint density at radius 2 is 1.85 bits per heavy atom. The molecule has 20 heavy (non-hydrogen) atoms. The van der Waals surface area contributed by atoms with E-state index < -0.39 is 5.79 Å². The molecular weight excluding hydrogens is 395 g/mol. The Morgan fingerprint density at radius 1 is 1.30 bits per heavy atom. The average Bonchev–Trinajstić information content (AvgIpc) is 2.24. The first-order chi connectivity index (χ1) is 9.01. The van der Waals surface area contributed by atoms with E-state index in [1.165, 1.54) is 0 Å². The topological polar surface area (TPSA) is 29.0 Å². The van der Waals surface area contributed by atoms with Crippen molar-refractivity contribution in [2.24, 2.45) is 0 Å². The first-order valence-corrected chi connectivity index (χ1v) is 9.79. The van der Waals surface area contributed by atoms with Crippen molar-refractivity contribution in [2.45, 2.75) is 56.9 Å². The van der Waals surface area contributed by atoms with Gasteiger partial charge in [-0.15, -0.1) is 0 Å². The fourth-order valence-corrected chi connectivity index (χ4v) is 6.21. The number of fused-ring (bicyclic) bond motifs is 1. The van der Waals surface area contributed by atoms with Crippen molar-refractivity contribution in [2.75, 3.05) is 0 Å². The van der Waals surface area contributed by atoms with Gasteiger partial charge in [0.25, 0.3) is 0 Å². The van der Waals surface area contributed by atoms with E-state index >= 15 is 4.39 Å². The fraction of sp³-hybridized carbons (Fsp3) is 0.714. The molecule has 0 radical (unpaired) electrons. The quantitative estimate of drug-likeness (QED) is 0.306. The second-order valence-corrected chi connectivity index (χ2v) is 11.0. The molecule has 1 aromatic rings. The molecule has 0 fully saturated rings. The van der Waals surface area contributed by atoms with Crippen LogP contribution in [-0.2, 0) is 5.30 Å². The standard InChI is InChI=1S/C14H20FIN3.K/c1-7(2)19-13(16)8(3)11-9(4)17-10(5)18-12(11)14(19,6)15;/h7,13H,1-6H3;. The molecule has 3 nitrogen and oxygen atoms in total. The maximum atomic E-state index is 15.6. The van der Waals surface area contributed by atoms with Crippen LogP contribution in [0, 0.1) is 13.8 Å². The molecule has 0 aromatic carbocycles. The number of aromatic nitrogens is 2. The molecule has 0 saturated carbocycles. The Morgan fingerprint density at radius 3 is 2.35 bits per heavy atom. The van der Waals surface area contributed by atoms with Gasteiger partial charge in [-0.2, -0.15) is 0 Å². The maximum absolute atomic E-state index is 15.6. The summed E-state index contributed by atoms with van der Waals surface area (Å²) in [7, 11) is 0. The Balaban J connectivity index is 2.81. The molecule has 1 aliphatic heterocycles. The van der Waals surface area contributed by atoms with Gasteiger partial charge in [-0.25, -0.2) is 0 Å². The minimum atomic E-state index is -1.54. The van der Waals surface area contributed by atoms with Gasteiger partial charge in [0.2, 0.25) is 0 Å². The van der Waals surface area contributed by atoms with E-state index in [0.717, 1.165) is 11.3 Å². The number of rotatable bonds is 1. The van der Waals surface area contributed by atoms with Crippen LogP contribution >= 0.6 is 22.6 Å². The van der Waals surface area contributed by atoms with Gasteiger partial charge in [0, 0.05) is 0 Å². The molecule has 1 aliphatic rings. The molecule has 0 N–H and O–H groups in total. The van der Waals surface area contributed by atoms with Crippen LogP contribution in [0.4, 0.5) is 4.39 Å². The first kappa shape index (κ1) is 17.7. The zero-order valence-corrected chi connectivity index (χ0v) is 18.5. The average molecular weight is 415 g/mol. The molecule has 3 atom stereocenters. The number of aryl methyl sites for hydroxylation is 2. The van der Waals surface area contributed by atoms with E-state index in [4.69, 9.17) is 0 Å². The fourth-order valence-electron chi connectivity index (χ4n) is 3.36. The number of hydrogen-bond donors (Lipinski definition) is 0. The summed E-state index contributed by atoms with van der Waals surface area (Å²) in [6.45, 7) is 11.8. The Hall–Kier alpha value is 1.34. The number of alkyl halides is 2. The summed E-state index contributed by atoms with van der Waals surface area (Å²) in [5.41, 5.74) is 2.57. The molecule has 2 heterocycles. The Labute approximate surface area is 168 Å². The molecule has 2 rings (SSSR count). The van der Waals surface area contributed by atoms with Gasteiger partial charge >= 0.3 is 171 Å². The number of hydrogen-bond acceptors (Lipinski definition) is 3. The summed E-state index contributed by atoms with van der Waals surface area (Å²) in [6, 6.07) is 0.136. The third-order valence-electron chi connectivity index (χ3n) is 4.16. The van der Waals surface area contributed by atoms with Gasteiger partial charge in [-0.05, 0) is 0 Å². The molecule has 0 bridgehead atoms. The van der Waals surface area contributed by atoms with E-state index in [-0.39, 0.29) is 9.60 Å². The summed E-state index contributed by atoms with van der Waals surface area (Å²) in [5, 5.41) is 0. The van der Waals surface area contributed by atoms with Crippen molar-refractivity contribution in [1.29, 1.82) is 0 Å². The predicted octanol–water partition coefficient (Wildman–Crippen LogP) is 3.10. The first-order valence-electron chi connectivity index (χ1n) is 6.99. The normalized spacial score (nSPS) is 34.5. The summed E-state index contributed by atoms with van der Waals surface area (Å²) in [5.74, 6) is -0.880. The van der Waals surface area contributed by atoms with E-state index in [1.54, 1.807) is 6.92 Å². The van der Waals surface area contributed by atoms with Crippen LogP contribution in [0.25, 0.3) is 0 Å². The molecule has 106 valence electrons. The van der Waals surface area contributed by atoms with E-state index in [2.05, 4.69) is 53.3 Å². The molecule has 1 aromatic heterocycles. The molecule has 0 aliphatic carbocycles. The molecule has 6 heteroatoms. The third-order valence-corrected chi connectivity index (χ3v) is 9.79. The molecule has 0 saturated heterocycles. The summed E-state index contributed by atoms with van der Waals surface area (Å²) >= 11 is 2.91. The summed E-state index contributed by atoms with van der Waals surface area (Å²) in [6.07, 6.45) is 0. The van der Waals surface area contributed by atoms with Crippen LogP contribution in [0.1, 0.15) is 50.5 Å². The van der Waals surface area contributed by atoms with Crippen LogP contribution in [0.2, 0.25) is 0 Å². The van der Waals surface area contributed by atoms with Crippen molar-refractivity contribution in [1.82, 2.24) is 14.9 Å². The minimum absolute atomic E-state index is 0.00343. The van der Waals surface area contributed by atoms with E-state index in [9.17, 15) is 0 Å². The monoisotopic (exact) mass is 415 g/mol. The van der Waals surface area contributed by atoms with Crippen LogP contribution in [0.3, 0.4) is 0 Å². The van der Waals surface area contributed by atoms with Gasteiger partial charge < -0.3 is 0 Å². The Kier molecular flexibility index (Phi) is 5.09. The second-order valence-electron chi connectivity index (χ2n) is 6.59. The van der Waals surface area contributed by atoms with E-state index in [1.807, 2.05) is 18.7 Å². The second kappa shape index (κ2) is 5.76. The summed E-state index contributed by atoms with van der Waals surface area (Å²) < 4.78 is 15.7. The van der Waals surface area contributed by atoms with Crippen molar-refractivity contribution in [3.05, 3.63) is 22.8 Å². The van der Waals surface area contributed by atoms with E-state index in [0.29, 0.717) is 60.5 Å². The van der Waals surface area contributed by atoms with Gasteiger partial charge in [0.1, 0.15) is 0 Å². The molecular formula is C14H20FIKN3. The van der Waals surface area contributed by atoms with Crippen molar-refractivity contribution < 1.29 is 4.39 Å². The van der Waals surface area contributed by atoms with Gasteiger partial charge in [-0.1, -0.05) is 0 Å². The zero-order chi connectivity index (χ0) is 15.5. The van der Waals surface area contributed by atoms with Gasteiger partial charge in [0.05, 0.1) is 0 Å². The predicted molar refractivity (Wildman–Crippen MR) is 87.9 cm³/mol. The molecule has 3 unspecified atom stereocenters. The van der Waals surface area contributed by atoms with Crippen LogP contribution in [0.5, 0.6) is 0 Å². The Bertz CT molecular complexity index is 545.